The number of aryl methyl sites for hydroxylation is 1. The van der Waals surface area contributed by atoms with Crippen LogP contribution in [0.2, 0.25) is 0 Å². The second kappa shape index (κ2) is 11.5. The number of rotatable bonds is 7. The quantitative estimate of drug-likeness (QED) is 0.164. The molecule has 5 aromatic carbocycles. The van der Waals surface area contributed by atoms with Crippen LogP contribution in [0.25, 0.3) is 33.0 Å². The Labute approximate surface area is 244 Å². The monoisotopic (exact) mass is 622 g/mol. The van der Waals surface area contributed by atoms with E-state index in [1.807, 2.05) is 24.3 Å². The summed E-state index contributed by atoms with van der Waals surface area (Å²) in [7, 11) is 0. The number of alkyl halides is 5. The smallest absolute Gasteiger partial charge is 0.426 e. The molecule has 5 rings (SSSR count). The molecule has 0 bridgehead atoms. The fourth-order valence-corrected chi connectivity index (χ4v) is 4.86. The van der Waals surface area contributed by atoms with Crippen molar-refractivity contribution in [1.29, 1.82) is 0 Å². The first kappa shape index (κ1) is 30.9. The molecule has 0 aromatic heterocycles. The van der Waals surface area contributed by atoms with E-state index in [2.05, 4.69) is 11.7 Å². The number of hydrogen-bond acceptors (Lipinski definition) is 1. The van der Waals surface area contributed by atoms with E-state index in [4.69, 9.17) is 0 Å². The van der Waals surface area contributed by atoms with Gasteiger partial charge in [0.25, 0.3) is 0 Å². The number of fused-ring (bicyclic) bond motifs is 1. The second-order valence-electron chi connectivity index (χ2n) is 9.98. The van der Waals surface area contributed by atoms with Gasteiger partial charge in [-0.25, -0.2) is 17.6 Å². The Morgan fingerprint density at radius 3 is 1.70 bits per heavy atom. The molecule has 0 saturated carbocycles. The second-order valence-corrected chi connectivity index (χ2v) is 9.98. The summed E-state index contributed by atoms with van der Waals surface area (Å²) >= 11 is 0. The van der Waals surface area contributed by atoms with Crippen LogP contribution in [0.4, 0.5) is 43.9 Å². The predicted octanol–water partition coefficient (Wildman–Crippen LogP) is 11.0. The third-order valence-corrected chi connectivity index (χ3v) is 7.01. The average molecular weight is 623 g/mol. The molecule has 0 saturated heterocycles. The van der Waals surface area contributed by atoms with Crippen molar-refractivity contribution in [2.45, 2.75) is 32.1 Å². The van der Waals surface area contributed by atoms with Crippen LogP contribution in [0, 0.1) is 29.1 Å². The molecule has 0 aliphatic rings. The van der Waals surface area contributed by atoms with Crippen LogP contribution in [0.15, 0.2) is 78.9 Å². The Morgan fingerprint density at radius 2 is 1.16 bits per heavy atom. The molecular formula is C33H20F10O. The number of benzene rings is 5. The highest BCUT2D eigenvalue weighted by Gasteiger charge is 2.42. The molecule has 0 spiro atoms. The molecule has 0 aliphatic heterocycles. The number of ether oxygens (including phenoxy) is 1. The SMILES string of the molecule is CCCc1ccc(-c2ccc(-c3ccc4cc(OC(F)(F)c5cc(F)c(C(F)(F)F)c(F)c5)c(F)c(F)c4c3F)cc2)cc1. The molecule has 1 nitrogen and oxygen atoms in total. The van der Waals surface area contributed by atoms with Crippen LogP contribution in [0.1, 0.15) is 30.0 Å². The Morgan fingerprint density at radius 1 is 0.614 bits per heavy atom. The molecule has 11 heteroatoms. The Hall–Kier alpha value is -4.54. The van der Waals surface area contributed by atoms with E-state index in [0.717, 1.165) is 30.0 Å². The summed E-state index contributed by atoms with van der Waals surface area (Å²) in [5, 5.41) is -1.28. The van der Waals surface area contributed by atoms with E-state index < -0.39 is 69.0 Å². The maximum Gasteiger partial charge on any atom is 0.427 e. The third kappa shape index (κ3) is 5.82. The summed E-state index contributed by atoms with van der Waals surface area (Å²) in [5.41, 5.74) is -1.03. The molecule has 0 fully saturated rings. The highest BCUT2D eigenvalue weighted by Crippen LogP contribution is 2.41. The van der Waals surface area contributed by atoms with Crippen LogP contribution in [-0.2, 0) is 18.7 Å². The van der Waals surface area contributed by atoms with E-state index in [1.54, 1.807) is 24.3 Å². The summed E-state index contributed by atoms with van der Waals surface area (Å²) < 4.78 is 145. The summed E-state index contributed by atoms with van der Waals surface area (Å²) in [6.45, 7) is 2.07. The van der Waals surface area contributed by atoms with Crippen LogP contribution in [-0.4, -0.2) is 0 Å². The Bertz CT molecular complexity index is 1820. The van der Waals surface area contributed by atoms with Crippen LogP contribution in [0.3, 0.4) is 0 Å². The van der Waals surface area contributed by atoms with Gasteiger partial charge in [-0.1, -0.05) is 74.0 Å². The largest absolute Gasteiger partial charge is 0.427 e. The molecule has 0 heterocycles. The molecule has 0 unspecified atom stereocenters. The van der Waals surface area contributed by atoms with Gasteiger partial charge in [0.2, 0.25) is 5.82 Å². The van der Waals surface area contributed by atoms with Gasteiger partial charge >= 0.3 is 12.3 Å². The summed E-state index contributed by atoms with van der Waals surface area (Å²) in [6.07, 6.45) is -8.40. The van der Waals surface area contributed by atoms with Crippen molar-refractivity contribution in [3.63, 3.8) is 0 Å². The van der Waals surface area contributed by atoms with E-state index in [9.17, 15) is 35.1 Å². The molecule has 0 atom stereocenters. The molecule has 228 valence electrons. The topological polar surface area (TPSA) is 9.23 Å². The lowest BCUT2D eigenvalue weighted by Gasteiger charge is -2.21. The van der Waals surface area contributed by atoms with Gasteiger partial charge in [0.1, 0.15) is 23.0 Å². The van der Waals surface area contributed by atoms with Gasteiger partial charge < -0.3 is 4.74 Å². The van der Waals surface area contributed by atoms with E-state index in [-0.39, 0.29) is 17.7 Å². The summed E-state index contributed by atoms with van der Waals surface area (Å²) in [6, 6.07) is 16.7. The van der Waals surface area contributed by atoms with E-state index in [0.29, 0.717) is 11.6 Å². The highest BCUT2D eigenvalue weighted by molar-refractivity contribution is 5.90. The number of hydrogen-bond donors (Lipinski definition) is 0. The van der Waals surface area contributed by atoms with Crippen molar-refractivity contribution in [3.05, 3.63) is 125 Å². The van der Waals surface area contributed by atoms with Crippen LogP contribution >= 0.6 is 0 Å². The van der Waals surface area contributed by atoms with Gasteiger partial charge in [0, 0.05) is 5.56 Å². The van der Waals surface area contributed by atoms with E-state index in [1.165, 1.54) is 11.6 Å². The van der Waals surface area contributed by atoms with Crippen molar-refractivity contribution in [3.8, 4) is 28.0 Å². The lowest BCUT2D eigenvalue weighted by atomic mass is 9.96. The minimum absolute atomic E-state index is 0.115. The minimum atomic E-state index is -5.53. The first-order chi connectivity index (χ1) is 20.7. The predicted molar refractivity (Wildman–Crippen MR) is 145 cm³/mol. The lowest BCUT2D eigenvalue weighted by Crippen LogP contribution is -2.24. The maximum absolute atomic E-state index is 15.5. The zero-order chi connectivity index (χ0) is 32.0. The van der Waals surface area contributed by atoms with E-state index >= 15 is 8.78 Å². The molecule has 0 radical (unpaired) electrons. The number of halogens is 10. The van der Waals surface area contributed by atoms with Gasteiger partial charge in [0.15, 0.2) is 11.6 Å². The van der Waals surface area contributed by atoms with Crippen molar-refractivity contribution < 1.29 is 48.6 Å². The van der Waals surface area contributed by atoms with Gasteiger partial charge in [0.05, 0.1) is 10.9 Å². The van der Waals surface area contributed by atoms with Gasteiger partial charge in [-0.15, -0.1) is 0 Å². The fourth-order valence-electron chi connectivity index (χ4n) is 4.86. The molecule has 0 aliphatic carbocycles. The van der Waals surface area contributed by atoms with Crippen molar-refractivity contribution in [1.82, 2.24) is 0 Å². The molecule has 5 aromatic rings. The fraction of sp³-hybridized carbons (Fsp3) is 0.152. The van der Waals surface area contributed by atoms with Crippen molar-refractivity contribution in [2.75, 3.05) is 0 Å². The normalized spacial score (nSPS) is 12.2. The average Bonchev–Trinajstić information content (AvgIpc) is 2.95. The standard InChI is InChI=1S/C33H20F10O/c1-2-3-17-4-6-18(7-5-17)19-8-10-20(11-9-19)23-13-12-21-14-26(30(37)31(38)27(21)29(23)36)44-33(42,43)22-15-24(34)28(25(35)16-22)32(39,40)41/h4-16H,2-3H2,1H3. The third-order valence-electron chi connectivity index (χ3n) is 7.01. The van der Waals surface area contributed by atoms with Gasteiger partial charge in [-0.2, -0.15) is 26.3 Å². The maximum atomic E-state index is 15.5. The Kier molecular flexibility index (Phi) is 8.09. The highest BCUT2D eigenvalue weighted by atomic mass is 19.4. The zero-order valence-electron chi connectivity index (χ0n) is 22.6. The summed E-state index contributed by atoms with van der Waals surface area (Å²) in [4.78, 5) is 0. The van der Waals surface area contributed by atoms with Gasteiger partial charge in [-0.3, -0.25) is 0 Å². The first-order valence-electron chi connectivity index (χ1n) is 13.1. The van der Waals surface area contributed by atoms with Crippen LogP contribution < -0.4 is 4.74 Å². The van der Waals surface area contributed by atoms with Crippen molar-refractivity contribution >= 4 is 10.8 Å². The summed E-state index contributed by atoms with van der Waals surface area (Å²) in [5.74, 6) is -11.3. The van der Waals surface area contributed by atoms with Crippen molar-refractivity contribution in [2.24, 2.45) is 0 Å². The Balaban J connectivity index is 1.46. The zero-order valence-corrected chi connectivity index (χ0v) is 22.6. The lowest BCUT2D eigenvalue weighted by molar-refractivity contribution is -0.187. The molecule has 0 N–H and O–H groups in total. The molecule has 0 amide bonds. The molecule has 44 heavy (non-hydrogen) atoms. The molecular weight excluding hydrogens is 602 g/mol. The first-order valence-corrected chi connectivity index (χ1v) is 13.1. The minimum Gasteiger partial charge on any atom is -0.426 e. The van der Waals surface area contributed by atoms with Crippen LogP contribution in [0.5, 0.6) is 5.75 Å². The van der Waals surface area contributed by atoms with Gasteiger partial charge in [-0.05, 0) is 52.3 Å².